The first-order valence-corrected chi connectivity index (χ1v) is 8.01. The number of rotatable bonds is 6. The molecule has 0 bridgehead atoms. The van der Waals surface area contributed by atoms with Crippen molar-refractivity contribution >= 4 is 34.9 Å². The average Bonchev–Trinajstić information content (AvgIpc) is 3.18. The van der Waals surface area contributed by atoms with Crippen molar-refractivity contribution in [3.63, 3.8) is 0 Å². The molecule has 0 unspecified atom stereocenters. The maximum Gasteiger partial charge on any atom is 0.259 e. The van der Waals surface area contributed by atoms with Crippen LogP contribution in [0.1, 0.15) is 11.3 Å². The fourth-order valence-corrected chi connectivity index (χ4v) is 2.35. The summed E-state index contributed by atoms with van der Waals surface area (Å²) in [5.74, 6) is -0.250. The van der Waals surface area contributed by atoms with Crippen molar-refractivity contribution in [2.75, 3.05) is 6.54 Å². The summed E-state index contributed by atoms with van der Waals surface area (Å²) in [6.07, 6.45) is 5.91. The SMILES string of the molecule is O=C(/C=C/c1ccco1)NCC(=O)N/N=C\c1cccc2ccccc12. The second kappa shape index (κ2) is 8.43. The highest BCUT2D eigenvalue weighted by molar-refractivity contribution is 6.00. The van der Waals surface area contributed by atoms with Crippen molar-refractivity contribution in [3.8, 4) is 0 Å². The lowest BCUT2D eigenvalue weighted by Crippen LogP contribution is -2.34. The average molecular weight is 347 g/mol. The molecule has 0 atom stereocenters. The monoisotopic (exact) mass is 347 g/mol. The highest BCUT2D eigenvalue weighted by Crippen LogP contribution is 2.16. The van der Waals surface area contributed by atoms with E-state index in [1.165, 1.54) is 18.4 Å². The summed E-state index contributed by atoms with van der Waals surface area (Å²) in [4.78, 5) is 23.4. The zero-order valence-electron chi connectivity index (χ0n) is 13.9. The third-order valence-corrected chi connectivity index (χ3v) is 3.58. The van der Waals surface area contributed by atoms with E-state index in [0.29, 0.717) is 5.76 Å². The van der Waals surface area contributed by atoms with Crippen LogP contribution in [-0.4, -0.2) is 24.6 Å². The van der Waals surface area contributed by atoms with Crippen LogP contribution in [0.2, 0.25) is 0 Å². The van der Waals surface area contributed by atoms with Crippen LogP contribution in [0.4, 0.5) is 0 Å². The summed E-state index contributed by atoms with van der Waals surface area (Å²) in [5, 5.41) is 8.56. The number of carbonyl (C=O) groups excluding carboxylic acids is 2. The first-order valence-electron chi connectivity index (χ1n) is 8.01. The van der Waals surface area contributed by atoms with Crippen LogP contribution in [0, 0.1) is 0 Å². The van der Waals surface area contributed by atoms with Gasteiger partial charge in [-0.1, -0.05) is 42.5 Å². The molecule has 3 aromatic rings. The molecule has 1 aromatic heterocycles. The van der Waals surface area contributed by atoms with E-state index in [9.17, 15) is 9.59 Å². The molecule has 0 aliphatic rings. The topological polar surface area (TPSA) is 83.7 Å². The molecule has 2 N–H and O–H groups in total. The van der Waals surface area contributed by atoms with Crippen molar-refractivity contribution in [1.29, 1.82) is 0 Å². The minimum Gasteiger partial charge on any atom is -0.465 e. The zero-order chi connectivity index (χ0) is 18.2. The Hall–Kier alpha value is -3.67. The second-order valence-corrected chi connectivity index (χ2v) is 5.43. The number of hydrogen-bond acceptors (Lipinski definition) is 4. The zero-order valence-corrected chi connectivity index (χ0v) is 13.9. The Bertz CT molecular complexity index is 954. The van der Waals surface area contributed by atoms with Crippen LogP contribution in [-0.2, 0) is 9.59 Å². The molecule has 0 saturated carbocycles. The second-order valence-electron chi connectivity index (χ2n) is 5.43. The molecule has 6 nitrogen and oxygen atoms in total. The van der Waals surface area contributed by atoms with Gasteiger partial charge in [0, 0.05) is 11.6 Å². The van der Waals surface area contributed by atoms with Crippen LogP contribution in [0.25, 0.3) is 16.8 Å². The van der Waals surface area contributed by atoms with Gasteiger partial charge in [-0.25, -0.2) is 5.43 Å². The van der Waals surface area contributed by atoms with Crippen LogP contribution in [0.3, 0.4) is 0 Å². The van der Waals surface area contributed by atoms with Crippen LogP contribution >= 0.6 is 0 Å². The van der Waals surface area contributed by atoms with E-state index in [1.807, 2.05) is 42.5 Å². The van der Waals surface area contributed by atoms with Crippen LogP contribution in [0.15, 0.2) is 76.5 Å². The van der Waals surface area contributed by atoms with E-state index in [2.05, 4.69) is 15.8 Å². The van der Waals surface area contributed by atoms with Gasteiger partial charge in [0.15, 0.2) is 0 Å². The van der Waals surface area contributed by atoms with Gasteiger partial charge in [0.25, 0.3) is 5.91 Å². The first-order chi connectivity index (χ1) is 12.7. The van der Waals surface area contributed by atoms with Crippen molar-refractivity contribution in [3.05, 3.63) is 78.3 Å². The van der Waals surface area contributed by atoms with E-state index in [1.54, 1.807) is 18.3 Å². The molecule has 0 saturated heterocycles. The molecular weight excluding hydrogens is 330 g/mol. The summed E-state index contributed by atoms with van der Waals surface area (Å²) >= 11 is 0. The smallest absolute Gasteiger partial charge is 0.259 e. The predicted molar refractivity (Wildman–Crippen MR) is 100 cm³/mol. The van der Waals surface area contributed by atoms with Crippen molar-refractivity contribution in [1.82, 2.24) is 10.7 Å². The number of hydrogen-bond donors (Lipinski definition) is 2. The molecule has 2 amide bonds. The number of nitrogens with zero attached hydrogens (tertiary/aromatic N) is 1. The number of benzene rings is 2. The molecule has 0 aliphatic heterocycles. The molecule has 26 heavy (non-hydrogen) atoms. The minimum atomic E-state index is -0.416. The molecule has 6 heteroatoms. The number of furan rings is 1. The fourth-order valence-electron chi connectivity index (χ4n) is 2.35. The number of hydrazone groups is 1. The molecular formula is C20H17N3O3. The molecule has 0 fully saturated rings. The number of nitrogens with one attached hydrogen (secondary N) is 2. The van der Waals surface area contributed by atoms with Crippen LogP contribution in [0.5, 0.6) is 0 Å². The van der Waals surface area contributed by atoms with Crippen LogP contribution < -0.4 is 10.7 Å². The largest absolute Gasteiger partial charge is 0.465 e. The number of carbonyl (C=O) groups is 2. The van der Waals surface area contributed by atoms with E-state index < -0.39 is 11.8 Å². The summed E-state index contributed by atoms with van der Waals surface area (Å²) in [7, 11) is 0. The van der Waals surface area contributed by atoms with E-state index >= 15 is 0 Å². The van der Waals surface area contributed by atoms with E-state index in [4.69, 9.17) is 4.42 Å². The molecule has 130 valence electrons. The molecule has 3 rings (SSSR count). The lowest BCUT2D eigenvalue weighted by Gasteiger charge is -2.02. The van der Waals surface area contributed by atoms with Crippen molar-refractivity contribution in [2.24, 2.45) is 5.10 Å². The van der Waals surface area contributed by atoms with Gasteiger partial charge >= 0.3 is 0 Å². The number of amides is 2. The third kappa shape index (κ3) is 4.67. The first kappa shape index (κ1) is 17.2. The Labute approximate surface area is 150 Å². The Morgan fingerprint density at radius 2 is 1.88 bits per heavy atom. The lowest BCUT2D eigenvalue weighted by atomic mass is 10.1. The van der Waals surface area contributed by atoms with Gasteiger partial charge in [-0.3, -0.25) is 9.59 Å². The standard InChI is InChI=1S/C20H17N3O3/c24-19(11-10-17-8-4-12-26-17)21-14-20(25)23-22-13-16-7-3-6-15-5-1-2-9-18(15)16/h1-13H,14H2,(H,21,24)(H,23,25)/b11-10+,22-13-. The molecule has 0 aliphatic carbocycles. The fraction of sp³-hybridized carbons (Fsp3) is 0.0500. The Morgan fingerprint density at radius 1 is 1.04 bits per heavy atom. The van der Waals surface area contributed by atoms with Crippen molar-refractivity contribution in [2.45, 2.75) is 0 Å². The van der Waals surface area contributed by atoms with Gasteiger partial charge < -0.3 is 9.73 Å². The van der Waals surface area contributed by atoms with Gasteiger partial charge in [-0.2, -0.15) is 5.10 Å². The quantitative estimate of drug-likeness (QED) is 0.408. The minimum absolute atomic E-state index is 0.172. The van der Waals surface area contributed by atoms with Gasteiger partial charge in [0.2, 0.25) is 5.91 Å². The van der Waals surface area contributed by atoms with E-state index in [0.717, 1.165) is 16.3 Å². The van der Waals surface area contributed by atoms with Gasteiger partial charge in [-0.05, 0) is 29.0 Å². The lowest BCUT2D eigenvalue weighted by molar-refractivity contribution is -0.123. The Balaban J connectivity index is 1.49. The highest BCUT2D eigenvalue weighted by atomic mass is 16.3. The molecule has 0 radical (unpaired) electrons. The van der Waals surface area contributed by atoms with Crippen molar-refractivity contribution < 1.29 is 14.0 Å². The summed E-state index contributed by atoms with van der Waals surface area (Å²) in [6.45, 7) is -0.172. The van der Waals surface area contributed by atoms with Gasteiger partial charge in [0.1, 0.15) is 5.76 Å². The molecule has 1 heterocycles. The summed E-state index contributed by atoms with van der Waals surface area (Å²) in [6, 6.07) is 17.2. The predicted octanol–water partition coefficient (Wildman–Crippen LogP) is 2.71. The number of fused-ring (bicyclic) bond motifs is 1. The normalized spacial score (nSPS) is 11.2. The Kier molecular flexibility index (Phi) is 5.57. The Morgan fingerprint density at radius 3 is 2.73 bits per heavy atom. The molecule has 2 aromatic carbocycles. The maximum atomic E-state index is 11.8. The maximum absolute atomic E-state index is 11.8. The van der Waals surface area contributed by atoms with Gasteiger partial charge in [0.05, 0.1) is 19.0 Å². The van der Waals surface area contributed by atoms with E-state index in [-0.39, 0.29) is 6.54 Å². The highest BCUT2D eigenvalue weighted by Gasteiger charge is 2.02. The summed E-state index contributed by atoms with van der Waals surface area (Å²) < 4.78 is 5.07. The third-order valence-electron chi connectivity index (χ3n) is 3.58. The molecule has 0 spiro atoms. The summed E-state index contributed by atoms with van der Waals surface area (Å²) in [5.41, 5.74) is 3.29. The van der Waals surface area contributed by atoms with Gasteiger partial charge in [-0.15, -0.1) is 0 Å².